The van der Waals surface area contributed by atoms with Crippen molar-refractivity contribution in [2.75, 3.05) is 6.54 Å². The zero-order valence-electron chi connectivity index (χ0n) is 11.8. The number of aromatic nitrogens is 1. The number of rotatable bonds is 6. The molecule has 0 aliphatic heterocycles. The minimum absolute atomic E-state index is 0.700. The Kier molecular flexibility index (Phi) is 5.89. The van der Waals surface area contributed by atoms with Gasteiger partial charge in [0.1, 0.15) is 5.03 Å². The topological polar surface area (TPSA) is 24.9 Å². The van der Waals surface area contributed by atoms with Gasteiger partial charge in [0.25, 0.3) is 0 Å². The highest BCUT2D eigenvalue weighted by molar-refractivity contribution is 7.99. The molecule has 1 aromatic carbocycles. The van der Waals surface area contributed by atoms with E-state index >= 15 is 0 Å². The summed E-state index contributed by atoms with van der Waals surface area (Å²) >= 11 is 7.76. The number of halogens is 1. The van der Waals surface area contributed by atoms with Crippen molar-refractivity contribution in [3.63, 3.8) is 0 Å². The zero-order chi connectivity index (χ0) is 14.4. The Bertz CT molecular complexity index is 572. The maximum atomic E-state index is 6.15. The lowest BCUT2D eigenvalue weighted by Crippen LogP contribution is -2.13. The number of aryl methyl sites for hydroxylation is 1. The van der Waals surface area contributed by atoms with Gasteiger partial charge in [0.2, 0.25) is 0 Å². The summed E-state index contributed by atoms with van der Waals surface area (Å²) in [6.07, 6.45) is 2.93. The fraction of sp³-hybridized carbons (Fsp3) is 0.312. The third-order valence-electron chi connectivity index (χ3n) is 2.93. The van der Waals surface area contributed by atoms with Crippen LogP contribution in [0.15, 0.2) is 46.5 Å². The molecule has 0 saturated heterocycles. The second-order valence-corrected chi connectivity index (χ2v) is 6.11. The minimum Gasteiger partial charge on any atom is -0.313 e. The first-order valence-electron chi connectivity index (χ1n) is 6.79. The van der Waals surface area contributed by atoms with Gasteiger partial charge in [-0.05, 0) is 49.2 Å². The van der Waals surface area contributed by atoms with E-state index in [0.29, 0.717) is 5.02 Å². The van der Waals surface area contributed by atoms with Gasteiger partial charge in [-0.2, -0.15) is 0 Å². The molecule has 0 amide bonds. The van der Waals surface area contributed by atoms with E-state index in [2.05, 4.69) is 42.3 Å². The molecule has 0 bridgehead atoms. The molecule has 106 valence electrons. The summed E-state index contributed by atoms with van der Waals surface area (Å²) in [5, 5.41) is 4.97. The third-order valence-corrected chi connectivity index (χ3v) is 4.54. The van der Waals surface area contributed by atoms with Crippen molar-refractivity contribution in [3.05, 3.63) is 52.7 Å². The minimum atomic E-state index is 0.700. The molecule has 0 aliphatic carbocycles. The number of hydrogen-bond acceptors (Lipinski definition) is 3. The second kappa shape index (κ2) is 7.67. The average molecular weight is 307 g/mol. The maximum absolute atomic E-state index is 6.15. The molecule has 0 aliphatic rings. The molecule has 1 aromatic heterocycles. The quantitative estimate of drug-likeness (QED) is 0.783. The van der Waals surface area contributed by atoms with E-state index in [1.165, 1.54) is 16.0 Å². The van der Waals surface area contributed by atoms with Gasteiger partial charge < -0.3 is 5.32 Å². The summed E-state index contributed by atoms with van der Waals surface area (Å²) < 4.78 is 0. The highest BCUT2D eigenvalue weighted by atomic mass is 35.5. The van der Waals surface area contributed by atoms with Crippen molar-refractivity contribution in [1.29, 1.82) is 0 Å². The van der Waals surface area contributed by atoms with Crippen LogP contribution in [-0.2, 0) is 6.54 Å². The number of pyridine rings is 1. The largest absolute Gasteiger partial charge is 0.313 e. The van der Waals surface area contributed by atoms with E-state index in [1.54, 1.807) is 18.0 Å². The summed E-state index contributed by atoms with van der Waals surface area (Å²) in [6, 6.07) is 10.3. The van der Waals surface area contributed by atoms with Gasteiger partial charge in [-0.1, -0.05) is 42.4 Å². The lowest BCUT2D eigenvalue weighted by Gasteiger charge is -2.09. The second-order valence-electron chi connectivity index (χ2n) is 4.67. The molecule has 20 heavy (non-hydrogen) atoms. The fourth-order valence-corrected chi connectivity index (χ4v) is 2.98. The van der Waals surface area contributed by atoms with Crippen LogP contribution in [0.4, 0.5) is 0 Å². The molecule has 1 heterocycles. The number of nitrogens with zero attached hydrogens (tertiary/aromatic N) is 1. The summed E-state index contributed by atoms with van der Waals surface area (Å²) in [4.78, 5) is 5.52. The molecule has 0 unspecified atom stereocenters. The predicted octanol–water partition coefficient (Wildman–Crippen LogP) is 4.69. The van der Waals surface area contributed by atoms with Crippen LogP contribution >= 0.6 is 23.4 Å². The molecule has 2 rings (SSSR count). The van der Waals surface area contributed by atoms with Crippen LogP contribution < -0.4 is 5.32 Å². The summed E-state index contributed by atoms with van der Waals surface area (Å²) in [5.74, 6) is 0. The molecule has 0 spiro atoms. The predicted molar refractivity (Wildman–Crippen MR) is 86.5 cm³/mol. The van der Waals surface area contributed by atoms with E-state index < -0.39 is 0 Å². The first kappa shape index (κ1) is 15.4. The van der Waals surface area contributed by atoms with E-state index in [1.807, 2.05) is 12.1 Å². The molecule has 1 N–H and O–H groups in total. The molecule has 2 nitrogen and oxygen atoms in total. The van der Waals surface area contributed by atoms with Gasteiger partial charge >= 0.3 is 0 Å². The van der Waals surface area contributed by atoms with Crippen molar-refractivity contribution >= 4 is 23.4 Å². The monoisotopic (exact) mass is 306 g/mol. The van der Waals surface area contributed by atoms with Crippen molar-refractivity contribution in [1.82, 2.24) is 10.3 Å². The highest BCUT2D eigenvalue weighted by Crippen LogP contribution is 2.33. The van der Waals surface area contributed by atoms with Crippen LogP contribution in [0.25, 0.3) is 0 Å². The summed E-state index contributed by atoms with van der Waals surface area (Å²) in [5.41, 5.74) is 2.57. The third kappa shape index (κ3) is 4.23. The zero-order valence-corrected chi connectivity index (χ0v) is 13.4. The van der Waals surface area contributed by atoms with E-state index in [-0.39, 0.29) is 0 Å². The number of nitrogens with one attached hydrogen (secondary N) is 1. The van der Waals surface area contributed by atoms with E-state index in [0.717, 1.165) is 24.5 Å². The van der Waals surface area contributed by atoms with Crippen LogP contribution in [0.3, 0.4) is 0 Å². The van der Waals surface area contributed by atoms with Crippen LogP contribution in [-0.4, -0.2) is 11.5 Å². The first-order chi connectivity index (χ1) is 9.70. The maximum Gasteiger partial charge on any atom is 0.119 e. The highest BCUT2D eigenvalue weighted by Gasteiger charge is 2.06. The van der Waals surface area contributed by atoms with Gasteiger partial charge in [-0.25, -0.2) is 4.98 Å². The summed E-state index contributed by atoms with van der Waals surface area (Å²) in [7, 11) is 0. The van der Waals surface area contributed by atoms with Crippen molar-refractivity contribution in [2.45, 2.75) is 36.7 Å². The molecule has 0 atom stereocenters. The first-order valence-corrected chi connectivity index (χ1v) is 7.98. The number of hydrogen-bond donors (Lipinski definition) is 1. The van der Waals surface area contributed by atoms with Crippen LogP contribution in [0.1, 0.15) is 24.5 Å². The Balaban J connectivity index is 2.08. The molecule has 0 saturated carbocycles. The molecule has 0 fully saturated rings. The smallest absolute Gasteiger partial charge is 0.119 e. The summed E-state index contributed by atoms with van der Waals surface area (Å²) in [6.45, 7) is 6.28. The van der Waals surface area contributed by atoms with Crippen LogP contribution in [0.5, 0.6) is 0 Å². The average Bonchev–Trinajstić information content (AvgIpc) is 2.44. The molecule has 4 heteroatoms. The Morgan fingerprint density at radius 2 is 2.15 bits per heavy atom. The van der Waals surface area contributed by atoms with Crippen molar-refractivity contribution in [3.8, 4) is 0 Å². The van der Waals surface area contributed by atoms with Crippen molar-refractivity contribution in [2.24, 2.45) is 0 Å². The van der Waals surface area contributed by atoms with Gasteiger partial charge in [0.15, 0.2) is 0 Å². The Morgan fingerprint density at radius 1 is 1.30 bits per heavy atom. The van der Waals surface area contributed by atoms with Gasteiger partial charge in [0.05, 0.1) is 5.02 Å². The molecule has 2 aromatic rings. The van der Waals surface area contributed by atoms with Gasteiger partial charge in [0, 0.05) is 17.6 Å². The van der Waals surface area contributed by atoms with Gasteiger partial charge in [-0.15, -0.1) is 0 Å². The van der Waals surface area contributed by atoms with E-state index in [9.17, 15) is 0 Å². The fourth-order valence-electron chi connectivity index (χ4n) is 1.90. The van der Waals surface area contributed by atoms with Crippen LogP contribution in [0, 0.1) is 6.92 Å². The Labute approximate surface area is 130 Å². The van der Waals surface area contributed by atoms with Crippen molar-refractivity contribution < 1.29 is 0 Å². The normalized spacial score (nSPS) is 10.8. The lowest BCUT2D eigenvalue weighted by molar-refractivity contribution is 0.675. The van der Waals surface area contributed by atoms with E-state index in [4.69, 9.17) is 11.6 Å². The molecule has 0 radical (unpaired) electrons. The van der Waals surface area contributed by atoms with Gasteiger partial charge in [-0.3, -0.25) is 0 Å². The molecular formula is C16H19ClN2S. The Morgan fingerprint density at radius 3 is 2.85 bits per heavy atom. The Hall–Kier alpha value is -1.03. The standard InChI is InChI=1S/C16H19ClN2S/c1-3-8-18-11-13-6-7-15(12(2)10-13)20-16-14(17)5-4-9-19-16/h4-7,9-10,18H,3,8,11H2,1-2H3. The lowest BCUT2D eigenvalue weighted by atomic mass is 10.1. The van der Waals surface area contributed by atoms with Crippen LogP contribution in [0.2, 0.25) is 5.02 Å². The number of benzene rings is 1. The molecular weight excluding hydrogens is 288 g/mol. The SMILES string of the molecule is CCCNCc1ccc(Sc2ncccc2Cl)c(C)c1.